The van der Waals surface area contributed by atoms with Gasteiger partial charge < -0.3 is 4.90 Å². The van der Waals surface area contributed by atoms with Gasteiger partial charge in [0.1, 0.15) is 5.82 Å². The monoisotopic (exact) mass is 330 g/mol. The number of hydrogen-bond donors (Lipinski definition) is 0. The maximum Gasteiger partial charge on any atom is 0.254 e. The van der Waals surface area contributed by atoms with Crippen molar-refractivity contribution in [1.82, 2.24) is 4.90 Å². The first-order chi connectivity index (χ1) is 10.9. The fraction of sp³-hybridized carbons (Fsp3) is 0.222. The van der Waals surface area contributed by atoms with Crippen molar-refractivity contribution in [3.05, 3.63) is 70.0 Å². The van der Waals surface area contributed by atoms with Crippen LogP contribution in [-0.2, 0) is 6.54 Å². The minimum atomic E-state index is -0.603. The summed E-state index contributed by atoms with van der Waals surface area (Å²) >= 11 is 6.16. The summed E-state index contributed by atoms with van der Waals surface area (Å²) in [7, 11) is 0. The highest BCUT2D eigenvalue weighted by atomic mass is 35.5. The van der Waals surface area contributed by atoms with Crippen LogP contribution in [0.1, 0.15) is 35.3 Å². The topological polar surface area (TPSA) is 44.1 Å². The van der Waals surface area contributed by atoms with Crippen molar-refractivity contribution >= 4 is 17.5 Å². The number of carbonyl (C=O) groups excluding carboxylic acids is 1. The fourth-order valence-corrected chi connectivity index (χ4v) is 2.44. The summed E-state index contributed by atoms with van der Waals surface area (Å²) in [5, 5.41) is 9.50. The molecule has 0 saturated heterocycles. The third-order valence-corrected chi connectivity index (χ3v) is 3.83. The molecule has 2 rings (SSSR count). The minimum absolute atomic E-state index is 0.104. The molecule has 0 radical (unpaired) electrons. The average Bonchev–Trinajstić information content (AvgIpc) is 2.52. The molecule has 0 aliphatic heterocycles. The first-order valence-electron chi connectivity index (χ1n) is 7.17. The van der Waals surface area contributed by atoms with E-state index in [0.29, 0.717) is 11.6 Å². The Hall–Kier alpha value is -2.38. The van der Waals surface area contributed by atoms with E-state index in [9.17, 15) is 9.18 Å². The first-order valence-corrected chi connectivity index (χ1v) is 7.55. The van der Waals surface area contributed by atoms with Crippen LogP contribution in [0, 0.1) is 17.1 Å². The van der Waals surface area contributed by atoms with Gasteiger partial charge in [-0.05, 0) is 43.7 Å². The van der Waals surface area contributed by atoms with E-state index in [1.807, 2.05) is 38.1 Å². The van der Waals surface area contributed by atoms with Crippen molar-refractivity contribution in [1.29, 1.82) is 5.26 Å². The van der Waals surface area contributed by atoms with E-state index in [-0.39, 0.29) is 23.1 Å². The van der Waals surface area contributed by atoms with E-state index in [2.05, 4.69) is 0 Å². The standard InChI is InChI=1S/C18H16ClFN2O/c1-12(2)22(11-14-5-3-4-6-17(14)19)18(23)15-7-13(10-21)8-16(20)9-15/h3-9,12H,11H2,1-2H3. The molecule has 118 valence electrons. The third kappa shape index (κ3) is 4.08. The summed E-state index contributed by atoms with van der Waals surface area (Å²) in [6, 6.07) is 12.7. The molecule has 0 saturated carbocycles. The predicted molar refractivity (Wildman–Crippen MR) is 87.6 cm³/mol. The maximum atomic E-state index is 13.6. The summed E-state index contributed by atoms with van der Waals surface area (Å²) < 4.78 is 13.6. The second-order valence-electron chi connectivity index (χ2n) is 5.46. The van der Waals surface area contributed by atoms with Crippen LogP contribution in [0.25, 0.3) is 0 Å². The zero-order valence-electron chi connectivity index (χ0n) is 12.9. The largest absolute Gasteiger partial charge is 0.332 e. The van der Waals surface area contributed by atoms with Gasteiger partial charge in [0.25, 0.3) is 5.91 Å². The number of nitrogens with zero attached hydrogens (tertiary/aromatic N) is 2. The van der Waals surface area contributed by atoms with Crippen molar-refractivity contribution in [2.24, 2.45) is 0 Å². The Morgan fingerprint density at radius 3 is 2.61 bits per heavy atom. The van der Waals surface area contributed by atoms with Gasteiger partial charge in [-0.15, -0.1) is 0 Å². The Morgan fingerprint density at radius 2 is 2.00 bits per heavy atom. The van der Waals surface area contributed by atoms with Crippen molar-refractivity contribution in [3.8, 4) is 6.07 Å². The van der Waals surface area contributed by atoms with Gasteiger partial charge in [-0.1, -0.05) is 29.8 Å². The van der Waals surface area contributed by atoms with Gasteiger partial charge in [-0.2, -0.15) is 5.26 Å². The van der Waals surface area contributed by atoms with Crippen LogP contribution in [0.5, 0.6) is 0 Å². The lowest BCUT2D eigenvalue weighted by atomic mass is 10.1. The molecule has 1 amide bonds. The van der Waals surface area contributed by atoms with Crippen molar-refractivity contribution in [3.63, 3.8) is 0 Å². The van der Waals surface area contributed by atoms with Gasteiger partial charge in [0.2, 0.25) is 0 Å². The first kappa shape index (κ1) is 17.0. The third-order valence-electron chi connectivity index (χ3n) is 3.46. The second kappa shape index (κ2) is 7.26. The van der Waals surface area contributed by atoms with Gasteiger partial charge >= 0.3 is 0 Å². The van der Waals surface area contributed by atoms with Crippen LogP contribution in [0.2, 0.25) is 5.02 Å². The maximum absolute atomic E-state index is 13.6. The van der Waals surface area contributed by atoms with E-state index >= 15 is 0 Å². The van der Waals surface area contributed by atoms with Crippen LogP contribution >= 0.6 is 11.6 Å². The van der Waals surface area contributed by atoms with E-state index in [0.717, 1.165) is 17.7 Å². The van der Waals surface area contributed by atoms with Gasteiger partial charge in [-0.3, -0.25) is 4.79 Å². The van der Waals surface area contributed by atoms with E-state index < -0.39 is 5.82 Å². The van der Waals surface area contributed by atoms with E-state index in [4.69, 9.17) is 16.9 Å². The smallest absolute Gasteiger partial charge is 0.254 e. The van der Waals surface area contributed by atoms with E-state index in [1.54, 1.807) is 11.0 Å². The summed E-state index contributed by atoms with van der Waals surface area (Å²) in [6.07, 6.45) is 0. The molecule has 23 heavy (non-hydrogen) atoms. The molecule has 0 N–H and O–H groups in total. The second-order valence-corrected chi connectivity index (χ2v) is 5.87. The molecule has 2 aromatic rings. The molecule has 0 fully saturated rings. The number of nitriles is 1. The Balaban J connectivity index is 2.35. The normalized spacial score (nSPS) is 10.4. The zero-order chi connectivity index (χ0) is 17.0. The SMILES string of the molecule is CC(C)N(Cc1ccccc1Cl)C(=O)c1cc(F)cc(C#N)c1. The molecule has 0 aliphatic rings. The summed E-state index contributed by atoms with van der Waals surface area (Å²) in [5.41, 5.74) is 1.09. The summed E-state index contributed by atoms with van der Waals surface area (Å²) in [6.45, 7) is 4.06. The van der Waals surface area contributed by atoms with Crippen molar-refractivity contribution < 1.29 is 9.18 Å². The van der Waals surface area contributed by atoms with Crippen LogP contribution in [0.4, 0.5) is 4.39 Å². The zero-order valence-corrected chi connectivity index (χ0v) is 13.6. The highest BCUT2D eigenvalue weighted by molar-refractivity contribution is 6.31. The van der Waals surface area contributed by atoms with Crippen LogP contribution in [0.3, 0.4) is 0 Å². The van der Waals surface area contributed by atoms with Gasteiger partial charge in [-0.25, -0.2) is 4.39 Å². The molecule has 0 aromatic heterocycles. The fourth-order valence-electron chi connectivity index (χ4n) is 2.24. The molecule has 0 aliphatic carbocycles. The van der Waals surface area contributed by atoms with Crippen LogP contribution in [0.15, 0.2) is 42.5 Å². The van der Waals surface area contributed by atoms with Gasteiger partial charge in [0.05, 0.1) is 11.6 Å². The minimum Gasteiger partial charge on any atom is -0.332 e. The molecule has 0 heterocycles. The molecule has 5 heteroatoms. The summed E-state index contributed by atoms with van der Waals surface area (Å²) in [4.78, 5) is 14.3. The number of carbonyl (C=O) groups is 1. The average molecular weight is 331 g/mol. The Kier molecular flexibility index (Phi) is 5.36. The Labute approximate surface area is 139 Å². The molecule has 0 unspecified atom stereocenters. The lowest BCUT2D eigenvalue weighted by Crippen LogP contribution is -2.36. The number of rotatable bonds is 4. The highest BCUT2D eigenvalue weighted by Crippen LogP contribution is 2.20. The molecule has 3 nitrogen and oxygen atoms in total. The number of benzene rings is 2. The van der Waals surface area contributed by atoms with Crippen molar-refractivity contribution in [2.45, 2.75) is 26.4 Å². The summed E-state index contributed by atoms with van der Waals surface area (Å²) in [5.74, 6) is -0.940. The predicted octanol–water partition coefficient (Wildman–Crippen LogP) is 4.40. The number of hydrogen-bond acceptors (Lipinski definition) is 2. The highest BCUT2D eigenvalue weighted by Gasteiger charge is 2.21. The van der Waals surface area contributed by atoms with Gasteiger partial charge in [0, 0.05) is 23.2 Å². The van der Waals surface area contributed by atoms with Gasteiger partial charge in [0.15, 0.2) is 0 Å². The molecule has 2 aromatic carbocycles. The number of halogens is 2. The van der Waals surface area contributed by atoms with Crippen molar-refractivity contribution in [2.75, 3.05) is 0 Å². The quantitative estimate of drug-likeness (QED) is 0.833. The molecular formula is C18H16ClFN2O. The molecular weight excluding hydrogens is 315 g/mol. The van der Waals surface area contributed by atoms with Crippen LogP contribution in [-0.4, -0.2) is 16.8 Å². The Bertz CT molecular complexity index is 768. The molecule has 0 atom stereocenters. The molecule has 0 bridgehead atoms. The molecule has 0 spiro atoms. The number of amides is 1. The lowest BCUT2D eigenvalue weighted by Gasteiger charge is -2.27. The lowest BCUT2D eigenvalue weighted by molar-refractivity contribution is 0.0690. The van der Waals surface area contributed by atoms with E-state index in [1.165, 1.54) is 6.07 Å². The van der Waals surface area contributed by atoms with Crippen LogP contribution < -0.4 is 0 Å². The Morgan fingerprint density at radius 1 is 1.30 bits per heavy atom.